The Kier molecular flexibility index (Phi) is 10.0. The highest BCUT2D eigenvalue weighted by Crippen LogP contribution is 2.42. The lowest BCUT2D eigenvalue weighted by Gasteiger charge is -2.44. The van der Waals surface area contributed by atoms with Gasteiger partial charge in [0.05, 0.1) is 4.91 Å². The molecule has 0 aromatic heterocycles. The molecule has 0 radical (unpaired) electrons. The summed E-state index contributed by atoms with van der Waals surface area (Å²) in [6, 6.07) is 15.7. The maximum atomic E-state index is 13.7. The van der Waals surface area contributed by atoms with Crippen molar-refractivity contribution in [2.24, 2.45) is 0 Å². The number of halogens is 1. The fraction of sp³-hybridized carbons (Fsp3) is 0.500. The van der Waals surface area contributed by atoms with E-state index >= 15 is 0 Å². The molecule has 2 heterocycles. The lowest BCUT2D eigenvalue weighted by molar-refractivity contribution is -0.130. The number of rotatable bonds is 8. The van der Waals surface area contributed by atoms with Crippen LogP contribution in [-0.2, 0) is 11.3 Å². The highest BCUT2D eigenvalue weighted by atomic mass is 35.5. The van der Waals surface area contributed by atoms with Gasteiger partial charge in [-0.1, -0.05) is 61.5 Å². The predicted octanol–water partition coefficient (Wildman–Crippen LogP) is 6.76. The fourth-order valence-corrected chi connectivity index (χ4v) is 7.73. The van der Waals surface area contributed by atoms with Gasteiger partial charge in [-0.25, -0.2) is 0 Å². The van der Waals surface area contributed by atoms with E-state index in [-0.39, 0.29) is 17.9 Å². The average Bonchev–Trinajstić information content (AvgIpc) is 3.23. The molecule has 0 spiro atoms. The smallest absolute Gasteiger partial charge is 0.260 e. The molecule has 7 heteroatoms. The highest BCUT2D eigenvalue weighted by molar-refractivity contribution is 8.04. The maximum absolute atomic E-state index is 13.7. The molecule has 2 atom stereocenters. The van der Waals surface area contributed by atoms with Crippen LogP contribution in [0.3, 0.4) is 0 Å². The Morgan fingerprint density at radius 2 is 1.77 bits per heavy atom. The fourth-order valence-electron chi connectivity index (χ4n) is 6.04. The van der Waals surface area contributed by atoms with Gasteiger partial charge in [0, 0.05) is 35.0 Å². The summed E-state index contributed by atoms with van der Waals surface area (Å²) in [5, 5.41) is 4.19. The van der Waals surface area contributed by atoms with Gasteiger partial charge < -0.3 is 15.1 Å². The Morgan fingerprint density at radius 3 is 2.54 bits per heavy atom. The van der Waals surface area contributed by atoms with E-state index in [1.807, 2.05) is 54.6 Å². The number of nitrogens with zero attached hydrogens (tertiary/aromatic N) is 2. The second-order valence-electron chi connectivity index (χ2n) is 11.1. The van der Waals surface area contributed by atoms with Crippen LogP contribution < -0.4 is 5.32 Å². The predicted molar refractivity (Wildman–Crippen MR) is 162 cm³/mol. The maximum Gasteiger partial charge on any atom is 0.260 e. The van der Waals surface area contributed by atoms with Crippen molar-refractivity contribution in [3.8, 4) is 0 Å². The van der Waals surface area contributed by atoms with Crippen molar-refractivity contribution in [2.75, 3.05) is 26.2 Å². The molecule has 5 nitrogen and oxygen atoms in total. The zero-order chi connectivity index (χ0) is 27.0. The van der Waals surface area contributed by atoms with Crippen LogP contribution in [0.2, 0.25) is 5.02 Å². The van der Waals surface area contributed by atoms with Gasteiger partial charge in [0.15, 0.2) is 0 Å². The van der Waals surface area contributed by atoms with Crippen LogP contribution in [0.5, 0.6) is 0 Å². The number of nitrogens with one attached hydrogen (secondary N) is 1. The summed E-state index contributed by atoms with van der Waals surface area (Å²) in [6.45, 7) is 4.69. The first-order valence-electron chi connectivity index (χ1n) is 14.6. The first-order chi connectivity index (χ1) is 19.1. The molecule has 1 N–H and O–H groups in total. The minimum absolute atomic E-state index is 0.0362. The summed E-state index contributed by atoms with van der Waals surface area (Å²) in [4.78, 5) is 31.7. The SMILES string of the molecule is O=C(NCCCN1CCCCCC1)c1ccc(/C=C2/SC3CCCCC3N(Cc3cccc(Cl)c3)C2=O)cc1. The number of fused-ring (bicyclic) bond motifs is 1. The summed E-state index contributed by atoms with van der Waals surface area (Å²) >= 11 is 7.96. The summed E-state index contributed by atoms with van der Waals surface area (Å²) in [7, 11) is 0. The number of hydrogen-bond acceptors (Lipinski definition) is 4. The van der Waals surface area contributed by atoms with Crippen LogP contribution in [0.15, 0.2) is 53.4 Å². The second-order valence-corrected chi connectivity index (χ2v) is 12.8. The van der Waals surface area contributed by atoms with E-state index in [1.165, 1.54) is 51.6 Å². The second kappa shape index (κ2) is 13.9. The van der Waals surface area contributed by atoms with Crippen molar-refractivity contribution >= 4 is 41.3 Å². The van der Waals surface area contributed by atoms with E-state index in [9.17, 15) is 9.59 Å². The molecule has 0 bridgehead atoms. The van der Waals surface area contributed by atoms with Crippen molar-refractivity contribution in [3.63, 3.8) is 0 Å². The normalized spacial score (nSPS) is 23.4. The standard InChI is InChI=1S/C32H40ClN3O2S/c33-27-10-7-9-25(21-27)23-36-28-11-3-4-12-29(28)39-30(32(36)38)22-24-13-15-26(16-14-24)31(37)34-17-8-20-35-18-5-1-2-6-19-35/h7,9-10,13-16,21-22,28-29H,1-6,8,11-12,17-20,23H2,(H,34,37)/b30-22+. The highest BCUT2D eigenvalue weighted by Gasteiger charge is 2.40. The van der Waals surface area contributed by atoms with Crippen LogP contribution in [0.4, 0.5) is 0 Å². The van der Waals surface area contributed by atoms with Crippen LogP contribution >= 0.6 is 23.4 Å². The molecule has 2 aromatic rings. The molecular formula is C32H40ClN3O2S. The van der Waals surface area contributed by atoms with Crippen LogP contribution in [0.25, 0.3) is 6.08 Å². The van der Waals surface area contributed by atoms with Gasteiger partial charge in [0.25, 0.3) is 11.8 Å². The summed E-state index contributed by atoms with van der Waals surface area (Å²) in [6.07, 6.45) is 12.8. The van der Waals surface area contributed by atoms with Gasteiger partial charge in [-0.2, -0.15) is 0 Å². The van der Waals surface area contributed by atoms with Gasteiger partial charge in [-0.3, -0.25) is 9.59 Å². The summed E-state index contributed by atoms with van der Waals surface area (Å²) in [5.74, 6) is 0.0558. The molecule has 2 unspecified atom stereocenters. The number of thioether (sulfide) groups is 1. The average molecular weight is 566 g/mol. The Labute approximate surface area is 242 Å². The van der Waals surface area contributed by atoms with Gasteiger partial charge in [-0.05, 0) is 93.2 Å². The molecule has 2 aromatic carbocycles. The zero-order valence-corrected chi connectivity index (χ0v) is 24.3. The van der Waals surface area contributed by atoms with Crippen molar-refractivity contribution in [1.29, 1.82) is 0 Å². The van der Waals surface area contributed by atoms with Gasteiger partial charge in [0.2, 0.25) is 0 Å². The lowest BCUT2D eigenvalue weighted by Crippen LogP contribution is -2.50. The monoisotopic (exact) mass is 565 g/mol. The number of likely N-dealkylation sites (tertiary alicyclic amines) is 1. The molecule has 39 heavy (non-hydrogen) atoms. The van der Waals surface area contributed by atoms with E-state index in [1.54, 1.807) is 11.8 Å². The molecule has 2 aliphatic heterocycles. The van der Waals surface area contributed by atoms with Gasteiger partial charge in [-0.15, -0.1) is 11.8 Å². The van der Waals surface area contributed by atoms with Crippen LogP contribution in [-0.4, -0.2) is 59.1 Å². The molecule has 1 saturated carbocycles. The molecule has 3 aliphatic rings. The number of benzene rings is 2. The van der Waals surface area contributed by atoms with Gasteiger partial charge in [0.1, 0.15) is 0 Å². The Bertz CT molecular complexity index is 1160. The van der Waals surface area contributed by atoms with Crippen molar-refractivity contribution in [2.45, 2.75) is 75.6 Å². The van der Waals surface area contributed by atoms with E-state index in [2.05, 4.69) is 15.1 Å². The van der Waals surface area contributed by atoms with E-state index < -0.39 is 0 Å². The molecule has 3 fully saturated rings. The lowest BCUT2D eigenvalue weighted by atomic mass is 9.92. The van der Waals surface area contributed by atoms with Crippen molar-refractivity contribution < 1.29 is 9.59 Å². The molecule has 2 amide bonds. The number of hydrogen-bond donors (Lipinski definition) is 1. The first kappa shape index (κ1) is 28.3. The number of carbonyl (C=O) groups excluding carboxylic acids is 2. The third-order valence-electron chi connectivity index (χ3n) is 8.17. The Morgan fingerprint density at radius 1 is 1.00 bits per heavy atom. The Balaban J connectivity index is 1.20. The van der Waals surface area contributed by atoms with E-state index in [0.717, 1.165) is 41.8 Å². The molecule has 208 valence electrons. The van der Waals surface area contributed by atoms with E-state index in [0.29, 0.717) is 28.9 Å². The molecular weight excluding hydrogens is 526 g/mol. The molecule has 2 saturated heterocycles. The number of amides is 2. The van der Waals surface area contributed by atoms with Crippen molar-refractivity contribution in [1.82, 2.24) is 15.1 Å². The summed E-state index contributed by atoms with van der Waals surface area (Å²) < 4.78 is 0. The van der Waals surface area contributed by atoms with Crippen molar-refractivity contribution in [3.05, 3.63) is 75.1 Å². The number of carbonyl (C=O) groups is 2. The van der Waals surface area contributed by atoms with Gasteiger partial charge >= 0.3 is 0 Å². The Hall–Kier alpha value is -2.28. The first-order valence-corrected chi connectivity index (χ1v) is 15.9. The largest absolute Gasteiger partial charge is 0.352 e. The third kappa shape index (κ3) is 7.68. The molecule has 1 aliphatic carbocycles. The van der Waals surface area contributed by atoms with Crippen LogP contribution in [0.1, 0.15) is 79.3 Å². The minimum Gasteiger partial charge on any atom is -0.352 e. The quantitative estimate of drug-likeness (QED) is 0.284. The topological polar surface area (TPSA) is 52.7 Å². The van der Waals surface area contributed by atoms with Crippen LogP contribution in [0, 0.1) is 0 Å². The zero-order valence-electron chi connectivity index (χ0n) is 22.7. The summed E-state index contributed by atoms with van der Waals surface area (Å²) in [5.41, 5.74) is 2.67. The van der Waals surface area contributed by atoms with E-state index in [4.69, 9.17) is 11.6 Å². The minimum atomic E-state index is -0.0362. The third-order valence-corrected chi connectivity index (χ3v) is 9.80. The molecule has 5 rings (SSSR count).